The van der Waals surface area contributed by atoms with Crippen LogP contribution in [-0.2, 0) is 10.3 Å². The minimum absolute atomic E-state index is 0.0659. The molecule has 2 fully saturated rings. The lowest BCUT2D eigenvalue weighted by Gasteiger charge is -2.24. The Morgan fingerprint density at radius 3 is 2.53 bits per heavy atom. The van der Waals surface area contributed by atoms with Gasteiger partial charge in [-0.2, -0.15) is 0 Å². The van der Waals surface area contributed by atoms with Crippen LogP contribution in [0.5, 0.6) is 0 Å². The van der Waals surface area contributed by atoms with Crippen molar-refractivity contribution in [3.8, 4) is 0 Å². The maximum Gasteiger partial charge on any atom is 0.325 e. The highest BCUT2D eigenvalue weighted by Crippen LogP contribution is 2.33. The molecule has 0 radical (unpaired) electrons. The molecule has 2 heterocycles. The van der Waals surface area contributed by atoms with Crippen molar-refractivity contribution < 1.29 is 9.59 Å². The minimum atomic E-state index is -0.956. The smallest absolute Gasteiger partial charge is 0.319 e. The number of hydrogen-bond donors (Lipinski definition) is 1. The summed E-state index contributed by atoms with van der Waals surface area (Å²) < 4.78 is 0. The number of nitrogens with one attached hydrogen (secondary N) is 1. The highest BCUT2D eigenvalue weighted by molar-refractivity contribution is 6.07. The van der Waals surface area contributed by atoms with Gasteiger partial charge in [-0.15, -0.1) is 0 Å². The molecule has 2 aliphatic rings. The van der Waals surface area contributed by atoms with E-state index in [2.05, 4.69) is 10.3 Å². The second kappa shape index (κ2) is 4.33. The maximum absolute atomic E-state index is 12.6. The third-order valence-electron chi connectivity index (χ3n) is 4.17. The lowest BCUT2D eigenvalue weighted by Crippen LogP contribution is -2.42. The Balaban J connectivity index is 1.93. The molecule has 1 N–H and O–H groups in total. The van der Waals surface area contributed by atoms with E-state index >= 15 is 0 Å². The molecular formula is C14H17N3O2. The second-order valence-corrected chi connectivity index (χ2v) is 5.40. The SMILES string of the molecule is CC1(c2ccncc2)NC(=O)N(C2CCCC2)C1=O. The molecule has 19 heavy (non-hydrogen) atoms. The fourth-order valence-electron chi connectivity index (χ4n) is 3.04. The number of amides is 3. The lowest BCUT2D eigenvalue weighted by atomic mass is 9.92. The van der Waals surface area contributed by atoms with Crippen LogP contribution in [0.25, 0.3) is 0 Å². The van der Waals surface area contributed by atoms with E-state index in [0.29, 0.717) is 0 Å². The first-order valence-corrected chi connectivity index (χ1v) is 6.69. The average Bonchev–Trinajstić information content (AvgIpc) is 3.00. The highest BCUT2D eigenvalue weighted by Gasteiger charge is 2.51. The Morgan fingerprint density at radius 2 is 1.89 bits per heavy atom. The third-order valence-corrected chi connectivity index (χ3v) is 4.17. The second-order valence-electron chi connectivity index (χ2n) is 5.40. The van der Waals surface area contributed by atoms with Crippen LogP contribution in [0.15, 0.2) is 24.5 Å². The summed E-state index contributed by atoms with van der Waals surface area (Å²) in [4.78, 5) is 30.2. The van der Waals surface area contributed by atoms with Gasteiger partial charge in [0.15, 0.2) is 0 Å². The fourth-order valence-corrected chi connectivity index (χ4v) is 3.04. The largest absolute Gasteiger partial charge is 0.325 e. The van der Waals surface area contributed by atoms with E-state index in [-0.39, 0.29) is 18.0 Å². The molecule has 0 spiro atoms. The lowest BCUT2D eigenvalue weighted by molar-refractivity contribution is -0.132. The van der Waals surface area contributed by atoms with E-state index in [1.807, 2.05) is 0 Å². The number of urea groups is 1. The molecular weight excluding hydrogens is 242 g/mol. The normalized spacial score (nSPS) is 27.9. The molecule has 0 aromatic carbocycles. The number of carbonyl (C=O) groups is 2. The van der Waals surface area contributed by atoms with E-state index in [1.165, 1.54) is 4.90 Å². The first kappa shape index (κ1) is 12.1. The van der Waals surface area contributed by atoms with Gasteiger partial charge in [0.1, 0.15) is 5.54 Å². The van der Waals surface area contributed by atoms with Gasteiger partial charge < -0.3 is 5.32 Å². The number of nitrogens with zero attached hydrogens (tertiary/aromatic N) is 2. The molecule has 1 aromatic heterocycles. The molecule has 1 aromatic rings. The Bertz CT molecular complexity index is 511. The topological polar surface area (TPSA) is 62.3 Å². The van der Waals surface area contributed by atoms with Crippen LogP contribution in [0.1, 0.15) is 38.2 Å². The van der Waals surface area contributed by atoms with Crippen LogP contribution < -0.4 is 5.32 Å². The number of hydrogen-bond acceptors (Lipinski definition) is 3. The van der Waals surface area contributed by atoms with Crippen molar-refractivity contribution in [1.29, 1.82) is 0 Å². The summed E-state index contributed by atoms with van der Waals surface area (Å²) in [6.45, 7) is 1.76. The molecule has 1 aliphatic heterocycles. The molecule has 1 saturated heterocycles. The highest BCUT2D eigenvalue weighted by atomic mass is 16.2. The molecule has 0 bridgehead atoms. The van der Waals surface area contributed by atoms with Crippen molar-refractivity contribution in [3.63, 3.8) is 0 Å². The first-order valence-electron chi connectivity index (χ1n) is 6.69. The van der Waals surface area contributed by atoms with Gasteiger partial charge in [0.25, 0.3) is 5.91 Å². The summed E-state index contributed by atoms with van der Waals surface area (Å²) in [5.74, 6) is -0.143. The van der Waals surface area contributed by atoms with Gasteiger partial charge in [-0.05, 0) is 37.5 Å². The number of carbonyl (C=O) groups excluding carboxylic acids is 2. The summed E-state index contributed by atoms with van der Waals surface area (Å²) in [5.41, 5.74) is -0.177. The summed E-state index contributed by atoms with van der Waals surface area (Å²) in [5, 5.41) is 2.83. The monoisotopic (exact) mass is 259 g/mol. The van der Waals surface area contributed by atoms with Crippen molar-refractivity contribution in [2.45, 2.75) is 44.2 Å². The number of imide groups is 1. The van der Waals surface area contributed by atoms with Crippen LogP contribution in [0.3, 0.4) is 0 Å². The molecule has 5 nitrogen and oxygen atoms in total. The molecule has 1 aliphatic carbocycles. The van der Waals surface area contributed by atoms with E-state index < -0.39 is 5.54 Å². The fraction of sp³-hybridized carbons (Fsp3) is 0.500. The Labute approximate surface area is 112 Å². The first-order chi connectivity index (χ1) is 9.13. The standard InChI is InChI=1S/C14H17N3O2/c1-14(10-6-8-15-9-7-10)12(18)17(13(19)16-14)11-4-2-3-5-11/h6-9,11H,2-5H2,1H3,(H,16,19). The zero-order valence-electron chi connectivity index (χ0n) is 10.9. The predicted octanol–water partition coefficient (Wildman–Crippen LogP) is 1.79. The average molecular weight is 259 g/mol. The van der Waals surface area contributed by atoms with Crippen molar-refractivity contribution in [2.24, 2.45) is 0 Å². The van der Waals surface area contributed by atoms with Gasteiger partial charge in [-0.1, -0.05) is 12.8 Å². The number of rotatable bonds is 2. The van der Waals surface area contributed by atoms with Crippen molar-refractivity contribution in [1.82, 2.24) is 15.2 Å². The summed E-state index contributed by atoms with van der Waals surface area (Å²) in [6.07, 6.45) is 7.30. The van der Waals surface area contributed by atoms with Crippen molar-refractivity contribution >= 4 is 11.9 Å². The van der Waals surface area contributed by atoms with Gasteiger partial charge in [0.05, 0.1) is 0 Å². The van der Waals surface area contributed by atoms with Crippen LogP contribution >= 0.6 is 0 Å². The number of pyridine rings is 1. The summed E-state index contributed by atoms with van der Waals surface area (Å²) >= 11 is 0. The van der Waals surface area contributed by atoms with Crippen LogP contribution in [-0.4, -0.2) is 27.9 Å². The quantitative estimate of drug-likeness (QED) is 0.824. The molecule has 3 rings (SSSR count). The Kier molecular flexibility index (Phi) is 2.77. The maximum atomic E-state index is 12.6. The molecule has 5 heteroatoms. The Hall–Kier alpha value is -1.91. The summed E-state index contributed by atoms with van der Waals surface area (Å²) in [7, 11) is 0. The zero-order valence-corrected chi connectivity index (χ0v) is 10.9. The van der Waals surface area contributed by atoms with E-state index in [0.717, 1.165) is 31.2 Å². The van der Waals surface area contributed by atoms with Gasteiger partial charge in [0.2, 0.25) is 0 Å². The van der Waals surface area contributed by atoms with E-state index in [1.54, 1.807) is 31.5 Å². The van der Waals surface area contributed by atoms with E-state index in [4.69, 9.17) is 0 Å². The molecule has 1 unspecified atom stereocenters. The van der Waals surface area contributed by atoms with Crippen LogP contribution in [0.2, 0.25) is 0 Å². The molecule has 3 amide bonds. The van der Waals surface area contributed by atoms with Crippen LogP contribution in [0.4, 0.5) is 4.79 Å². The zero-order chi connectivity index (χ0) is 13.5. The van der Waals surface area contributed by atoms with Gasteiger partial charge >= 0.3 is 6.03 Å². The number of aromatic nitrogens is 1. The van der Waals surface area contributed by atoms with E-state index in [9.17, 15) is 9.59 Å². The van der Waals surface area contributed by atoms with Crippen molar-refractivity contribution in [2.75, 3.05) is 0 Å². The van der Waals surface area contributed by atoms with Crippen molar-refractivity contribution in [3.05, 3.63) is 30.1 Å². The Morgan fingerprint density at radius 1 is 1.26 bits per heavy atom. The third kappa shape index (κ3) is 1.80. The summed E-state index contributed by atoms with van der Waals surface area (Å²) in [6, 6.07) is 3.35. The molecule has 100 valence electrons. The molecule has 1 saturated carbocycles. The molecule has 1 atom stereocenters. The predicted molar refractivity (Wildman–Crippen MR) is 69.2 cm³/mol. The van der Waals surface area contributed by atoms with Crippen LogP contribution in [0, 0.1) is 0 Å². The van der Waals surface area contributed by atoms with Gasteiger partial charge in [-0.3, -0.25) is 14.7 Å². The van der Waals surface area contributed by atoms with Gasteiger partial charge in [-0.25, -0.2) is 4.79 Å². The minimum Gasteiger partial charge on any atom is -0.319 e. The van der Waals surface area contributed by atoms with Gasteiger partial charge in [0, 0.05) is 18.4 Å².